The number of hydrogen-bond acceptors (Lipinski definition) is 3. The highest BCUT2D eigenvalue weighted by Gasteiger charge is 2.23. The Kier molecular flexibility index (Phi) is 4.96. The number of benzene rings is 1. The largest absolute Gasteiger partial charge is 0.343 e. The predicted octanol–water partition coefficient (Wildman–Crippen LogP) is 2.55. The van der Waals surface area contributed by atoms with E-state index in [-0.39, 0.29) is 11.8 Å². The molecule has 1 aliphatic heterocycles. The maximum Gasteiger partial charge on any atom is 0.247 e. The molecule has 0 spiro atoms. The second kappa shape index (κ2) is 6.50. The van der Waals surface area contributed by atoms with Gasteiger partial charge in [-0.2, -0.15) is 11.8 Å². The van der Waals surface area contributed by atoms with E-state index in [0.29, 0.717) is 27.9 Å². The number of halogens is 2. The average molecular weight is 319 g/mol. The van der Waals surface area contributed by atoms with Crippen LogP contribution in [0.25, 0.3) is 0 Å². The number of carbonyl (C=O) groups is 2. The second-order valence-electron chi connectivity index (χ2n) is 4.06. The van der Waals surface area contributed by atoms with Crippen LogP contribution in [0.15, 0.2) is 18.2 Å². The zero-order valence-corrected chi connectivity index (χ0v) is 12.2. The second-order valence-corrected chi connectivity index (χ2v) is 6.03. The van der Waals surface area contributed by atoms with Crippen molar-refractivity contribution < 1.29 is 9.59 Å². The van der Waals surface area contributed by atoms with E-state index in [0.717, 1.165) is 5.75 Å². The van der Waals surface area contributed by atoms with Gasteiger partial charge in [0.2, 0.25) is 11.8 Å². The Morgan fingerprint density at radius 3 is 2.89 bits per heavy atom. The van der Waals surface area contributed by atoms with Gasteiger partial charge in [0.05, 0.1) is 10.0 Å². The molecule has 1 heterocycles. The SMILES string of the molecule is O=C1CCSC[C@H](C(=O)Nc2ccc(Cl)c(Cl)c2)N1. The van der Waals surface area contributed by atoms with Crippen LogP contribution in [-0.4, -0.2) is 29.4 Å². The molecule has 1 aromatic rings. The van der Waals surface area contributed by atoms with Crippen molar-refractivity contribution in [2.45, 2.75) is 12.5 Å². The lowest BCUT2D eigenvalue weighted by atomic mass is 10.2. The van der Waals surface area contributed by atoms with Crippen LogP contribution in [0.5, 0.6) is 0 Å². The van der Waals surface area contributed by atoms with Gasteiger partial charge < -0.3 is 10.6 Å². The summed E-state index contributed by atoms with van der Waals surface area (Å²) in [7, 11) is 0. The van der Waals surface area contributed by atoms with Gasteiger partial charge in [-0.25, -0.2) is 0 Å². The van der Waals surface area contributed by atoms with Crippen LogP contribution >= 0.6 is 35.0 Å². The Balaban J connectivity index is 2.03. The molecule has 0 unspecified atom stereocenters. The molecule has 19 heavy (non-hydrogen) atoms. The molecule has 0 bridgehead atoms. The smallest absolute Gasteiger partial charge is 0.247 e. The molecule has 1 saturated heterocycles. The maximum atomic E-state index is 12.0. The molecule has 0 radical (unpaired) electrons. The minimum Gasteiger partial charge on any atom is -0.343 e. The van der Waals surface area contributed by atoms with E-state index in [4.69, 9.17) is 23.2 Å². The molecule has 1 aromatic carbocycles. The summed E-state index contributed by atoms with van der Waals surface area (Å²) in [6.07, 6.45) is 0.446. The summed E-state index contributed by atoms with van der Waals surface area (Å²) in [4.78, 5) is 23.5. The van der Waals surface area contributed by atoms with Crippen LogP contribution < -0.4 is 10.6 Å². The van der Waals surface area contributed by atoms with Crippen LogP contribution in [0, 0.1) is 0 Å². The third kappa shape index (κ3) is 4.03. The van der Waals surface area contributed by atoms with E-state index in [2.05, 4.69) is 10.6 Å². The van der Waals surface area contributed by atoms with E-state index >= 15 is 0 Å². The van der Waals surface area contributed by atoms with Gasteiger partial charge in [-0.15, -0.1) is 0 Å². The number of anilines is 1. The fourth-order valence-corrected chi connectivity index (χ4v) is 2.88. The molecule has 0 aliphatic carbocycles. The third-order valence-electron chi connectivity index (χ3n) is 2.60. The number of hydrogen-bond donors (Lipinski definition) is 2. The highest BCUT2D eigenvalue weighted by Crippen LogP contribution is 2.25. The lowest BCUT2D eigenvalue weighted by Gasteiger charge is -2.15. The molecule has 2 amide bonds. The summed E-state index contributed by atoms with van der Waals surface area (Å²) >= 11 is 13.3. The summed E-state index contributed by atoms with van der Waals surface area (Å²) in [5, 5.41) is 6.21. The molecule has 1 atom stereocenters. The summed E-state index contributed by atoms with van der Waals surface area (Å²) in [6.45, 7) is 0. The van der Waals surface area contributed by atoms with Crippen molar-refractivity contribution in [3.05, 3.63) is 28.2 Å². The van der Waals surface area contributed by atoms with E-state index in [1.165, 1.54) is 0 Å². The lowest BCUT2D eigenvalue weighted by Crippen LogP contribution is -2.44. The first-order valence-electron chi connectivity index (χ1n) is 5.69. The quantitative estimate of drug-likeness (QED) is 0.881. The Morgan fingerprint density at radius 1 is 1.37 bits per heavy atom. The summed E-state index contributed by atoms with van der Waals surface area (Å²) in [5.74, 6) is 0.960. The van der Waals surface area contributed by atoms with Crippen LogP contribution in [0.2, 0.25) is 10.0 Å². The summed E-state index contributed by atoms with van der Waals surface area (Å²) in [6, 6.07) is 4.33. The van der Waals surface area contributed by atoms with Gasteiger partial charge >= 0.3 is 0 Å². The van der Waals surface area contributed by atoms with Crippen LogP contribution in [0.1, 0.15) is 6.42 Å². The monoisotopic (exact) mass is 318 g/mol. The molecule has 1 aliphatic rings. The lowest BCUT2D eigenvalue weighted by molar-refractivity contribution is -0.125. The first-order valence-corrected chi connectivity index (χ1v) is 7.60. The Labute approximate surface area is 125 Å². The molecule has 0 saturated carbocycles. The van der Waals surface area contributed by atoms with Gasteiger partial charge in [0.25, 0.3) is 0 Å². The van der Waals surface area contributed by atoms with Crippen LogP contribution in [0.3, 0.4) is 0 Å². The zero-order chi connectivity index (χ0) is 13.8. The van der Waals surface area contributed by atoms with Crippen molar-refractivity contribution in [3.8, 4) is 0 Å². The van der Waals surface area contributed by atoms with Crippen molar-refractivity contribution in [1.29, 1.82) is 0 Å². The minimum absolute atomic E-state index is 0.0979. The maximum absolute atomic E-state index is 12.0. The highest BCUT2D eigenvalue weighted by atomic mass is 35.5. The first kappa shape index (κ1) is 14.5. The van der Waals surface area contributed by atoms with E-state index in [1.54, 1.807) is 30.0 Å². The topological polar surface area (TPSA) is 58.2 Å². The number of amides is 2. The van der Waals surface area contributed by atoms with Crippen molar-refractivity contribution >= 4 is 52.5 Å². The molecule has 7 heteroatoms. The Hall–Kier alpha value is -0.910. The van der Waals surface area contributed by atoms with Gasteiger partial charge in [0, 0.05) is 23.6 Å². The number of thioether (sulfide) groups is 1. The predicted molar refractivity (Wildman–Crippen MR) is 79.0 cm³/mol. The van der Waals surface area contributed by atoms with Crippen molar-refractivity contribution in [2.75, 3.05) is 16.8 Å². The normalized spacial score (nSPS) is 19.5. The molecule has 2 rings (SSSR count). The zero-order valence-electron chi connectivity index (χ0n) is 9.91. The van der Waals surface area contributed by atoms with Crippen molar-refractivity contribution in [3.63, 3.8) is 0 Å². The van der Waals surface area contributed by atoms with Crippen LogP contribution in [0.4, 0.5) is 5.69 Å². The van der Waals surface area contributed by atoms with Crippen molar-refractivity contribution in [1.82, 2.24) is 5.32 Å². The fourth-order valence-electron chi connectivity index (χ4n) is 1.62. The molecule has 4 nitrogen and oxygen atoms in total. The third-order valence-corrected chi connectivity index (χ3v) is 4.40. The van der Waals surface area contributed by atoms with E-state index < -0.39 is 6.04 Å². The Morgan fingerprint density at radius 2 is 2.16 bits per heavy atom. The molecule has 2 N–H and O–H groups in total. The Bertz CT molecular complexity index is 511. The minimum atomic E-state index is -0.519. The summed E-state index contributed by atoms with van der Waals surface area (Å²) in [5.41, 5.74) is 0.558. The summed E-state index contributed by atoms with van der Waals surface area (Å²) < 4.78 is 0. The van der Waals surface area contributed by atoms with Gasteiger partial charge in [-0.1, -0.05) is 23.2 Å². The first-order chi connectivity index (χ1) is 9.06. The standard InChI is InChI=1S/C12H12Cl2N2O2S/c13-8-2-1-7(5-9(8)14)15-12(18)10-6-19-4-3-11(17)16-10/h1-2,5,10H,3-4,6H2,(H,15,18)(H,16,17)/t10-/m1/s1. The molecule has 102 valence electrons. The van der Waals surface area contributed by atoms with Gasteiger partial charge in [0.1, 0.15) is 6.04 Å². The van der Waals surface area contributed by atoms with Crippen molar-refractivity contribution in [2.24, 2.45) is 0 Å². The van der Waals surface area contributed by atoms with Gasteiger partial charge in [-0.3, -0.25) is 9.59 Å². The number of rotatable bonds is 2. The van der Waals surface area contributed by atoms with Gasteiger partial charge in [0.15, 0.2) is 0 Å². The highest BCUT2D eigenvalue weighted by molar-refractivity contribution is 7.99. The number of carbonyl (C=O) groups excluding carboxylic acids is 2. The molecular formula is C12H12Cl2N2O2S. The fraction of sp³-hybridized carbons (Fsp3) is 0.333. The van der Waals surface area contributed by atoms with E-state index in [1.807, 2.05) is 0 Å². The van der Waals surface area contributed by atoms with E-state index in [9.17, 15) is 9.59 Å². The molecule has 0 aromatic heterocycles. The molecule has 1 fully saturated rings. The average Bonchev–Trinajstić information content (AvgIpc) is 2.58. The molecular weight excluding hydrogens is 307 g/mol. The van der Waals surface area contributed by atoms with Crippen LogP contribution in [-0.2, 0) is 9.59 Å². The number of nitrogens with one attached hydrogen (secondary N) is 2. The van der Waals surface area contributed by atoms with Gasteiger partial charge in [-0.05, 0) is 18.2 Å².